The summed E-state index contributed by atoms with van der Waals surface area (Å²) in [6.45, 7) is 3.84. The molecule has 0 heterocycles. The molecule has 13 heteroatoms. The number of aliphatic hydroxyl groups excluding tert-OH is 1. The van der Waals surface area contributed by atoms with Crippen LogP contribution in [0.1, 0.15) is 38.8 Å². The molecule has 0 spiro atoms. The molecule has 0 fully saturated rings. The number of para-hydroxylation sites is 2. The molecule has 12 N–H and O–H groups in total. The van der Waals surface area contributed by atoms with Crippen LogP contribution < -0.4 is 11.5 Å². The molecule has 0 aliphatic rings. The summed E-state index contributed by atoms with van der Waals surface area (Å²) in [4.78, 5) is 36.0. The lowest BCUT2D eigenvalue weighted by atomic mass is 9.85. The first-order valence-electron chi connectivity index (χ1n) is 9.34. The molecule has 0 amide bonds. The fraction of sp³-hybridized carbons (Fsp3) is 0.273. The van der Waals surface area contributed by atoms with Gasteiger partial charge in [0.05, 0.1) is 6.61 Å². The van der Waals surface area contributed by atoms with Crippen molar-refractivity contribution in [3.63, 3.8) is 0 Å². The quantitative estimate of drug-likeness (QED) is 0.268. The second-order valence-corrected chi connectivity index (χ2v) is 6.27. The fourth-order valence-electron chi connectivity index (χ4n) is 2.06. The lowest BCUT2D eigenvalue weighted by molar-refractivity contribution is -0.135. The Kier molecular flexibility index (Phi) is 22.2. The molecule has 2 rings (SSSR count). The third-order valence-electron chi connectivity index (χ3n) is 3.04. The summed E-state index contributed by atoms with van der Waals surface area (Å²) < 4.78 is 0. The molecule has 0 atom stereocenters. The number of rotatable bonds is 3. The van der Waals surface area contributed by atoms with E-state index in [9.17, 15) is 10.2 Å². The van der Waals surface area contributed by atoms with Gasteiger partial charge in [0.1, 0.15) is 5.60 Å². The smallest absolute Gasteiger partial charge is 0.300 e. The van der Waals surface area contributed by atoms with Crippen LogP contribution in [0.25, 0.3) is 0 Å². The maximum atomic E-state index is 10.7. The molecule has 13 nitrogen and oxygen atoms in total. The first kappa shape index (κ1) is 38.1. The van der Waals surface area contributed by atoms with E-state index in [1.54, 1.807) is 48.5 Å². The Morgan fingerprint density at radius 1 is 0.657 bits per heavy atom. The third-order valence-corrected chi connectivity index (χ3v) is 3.04. The van der Waals surface area contributed by atoms with Gasteiger partial charge in [0, 0.05) is 50.2 Å². The average molecular weight is 503 g/mol. The van der Waals surface area contributed by atoms with Crippen LogP contribution in [-0.4, -0.2) is 66.6 Å². The number of nitrogen functional groups attached to an aromatic ring is 2. The normalized spacial score (nSPS) is 8.74. The van der Waals surface area contributed by atoms with E-state index in [-0.39, 0.29) is 5.48 Å². The summed E-state index contributed by atoms with van der Waals surface area (Å²) >= 11 is 0. The summed E-state index contributed by atoms with van der Waals surface area (Å²) in [7, 11) is 0. The molecule has 0 aliphatic carbocycles. The van der Waals surface area contributed by atoms with Crippen LogP contribution in [-0.2, 0) is 24.8 Å². The highest BCUT2D eigenvalue weighted by Crippen LogP contribution is 2.35. The Bertz CT molecular complexity index is 808. The van der Waals surface area contributed by atoms with Gasteiger partial charge in [-0.25, -0.2) is 0 Å². The molecule has 0 aromatic heterocycles. The number of carboxylic acids is 4. The lowest BCUT2D eigenvalue weighted by Crippen LogP contribution is -2.33. The summed E-state index contributed by atoms with van der Waals surface area (Å²) in [5.74, 6) is -3.33. The van der Waals surface area contributed by atoms with Gasteiger partial charge in [-0.2, -0.15) is 0 Å². The van der Waals surface area contributed by atoms with Crippen LogP contribution in [0.5, 0.6) is 0 Å². The van der Waals surface area contributed by atoms with Crippen molar-refractivity contribution in [1.82, 2.24) is 0 Å². The number of hydrogen-bond donors (Lipinski definition) is 8. The summed E-state index contributed by atoms with van der Waals surface area (Å²) in [6, 6.07) is 13.8. The molecule has 0 saturated carbocycles. The SMILES string of the molecule is CC(=O)O.CC(=O)O.CC(=O)O.CC(=O)O.Nc1ccccc1C(O)(CO)c1ccccc1N.O. The van der Waals surface area contributed by atoms with E-state index in [4.69, 9.17) is 51.1 Å². The highest BCUT2D eigenvalue weighted by Gasteiger charge is 2.34. The first-order valence-corrected chi connectivity index (χ1v) is 9.34. The largest absolute Gasteiger partial charge is 0.481 e. The van der Waals surface area contributed by atoms with Crippen LogP contribution in [0.4, 0.5) is 11.4 Å². The van der Waals surface area contributed by atoms with Gasteiger partial charge in [0.25, 0.3) is 23.9 Å². The van der Waals surface area contributed by atoms with E-state index in [1.165, 1.54) is 0 Å². The Balaban J connectivity index is -0.000000233. The predicted molar refractivity (Wildman–Crippen MR) is 129 cm³/mol. The van der Waals surface area contributed by atoms with Gasteiger partial charge >= 0.3 is 0 Å². The number of carboxylic acid groups (broad SMARTS) is 4. The second kappa shape index (κ2) is 20.4. The van der Waals surface area contributed by atoms with Gasteiger partial charge in [0.15, 0.2) is 0 Å². The van der Waals surface area contributed by atoms with Gasteiger partial charge in [-0.1, -0.05) is 36.4 Å². The molecular weight excluding hydrogens is 468 g/mol. The number of anilines is 2. The van der Waals surface area contributed by atoms with Crippen LogP contribution in [0, 0.1) is 0 Å². The van der Waals surface area contributed by atoms with Crippen molar-refractivity contribution >= 4 is 35.3 Å². The Morgan fingerprint density at radius 2 is 0.857 bits per heavy atom. The molecule has 0 aliphatic heterocycles. The third kappa shape index (κ3) is 21.4. The van der Waals surface area contributed by atoms with Crippen LogP contribution in [0.3, 0.4) is 0 Å². The summed E-state index contributed by atoms with van der Waals surface area (Å²) in [5.41, 5.74) is 11.9. The minimum absolute atomic E-state index is 0. The van der Waals surface area contributed by atoms with E-state index in [0.29, 0.717) is 22.5 Å². The Hall–Kier alpha value is -4.20. The highest BCUT2D eigenvalue weighted by molar-refractivity contribution is 5.63. The topological polar surface area (TPSA) is 273 Å². The fourth-order valence-corrected chi connectivity index (χ4v) is 2.06. The van der Waals surface area contributed by atoms with Crippen molar-refractivity contribution in [3.8, 4) is 0 Å². The van der Waals surface area contributed by atoms with Crippen LogP contribution >= 0.6 is 0 Å². The van der Waals surface area contributed by atoms with Crippen LogP contribution in [0.15, 0.2) is 48.5 Å². The summed E-state index contributed by atoms with van der Waals surface area (Å²) in [5, 5.41) is 50.0. The van der Waals surface area contributed by atoms with E-state index < -0.39 is 36.1 Å². The van der Waals surface area contributed by atoms with Crippen molar-refractivity contribution < 1.29 is 55.3 Å². The van der Waals surface area contributed by atoms with Gasteiger partial charge in [-0.15, -0.1) is 0 Å². The maximum Gasteiger partial charge on any atom is 0.300 e. The Labute approximate surface area is 202 Å². The number of aliphatic carboxylic acids is 4. The minimum atomic E-state index is -1.59. The summed E-state index contributed by atoms with van der Waals surface area (Å²) in [6.07, 6.45) is 0. The molecular formula is C22H34N2O11. The average Bonchev–Trinajstić information content (AvgIpc) is 2.66. The van der Waals surface area contributed by atoms with Crippen molar-refractivity contribution in [2.75, 3.05) is 18.1 Å². The molecule has 2 aromatic rings. The van der Waals surface area contributed by atoms with E-state index in [0.717, 1.165) is 27.7 Å². The molecule has 0 unspecified atom stereocenters. The molecule has 0 radical (unpaired) electrons. The predicted octanol–water partition coefficient (Wildman–Crippen LogP) is 0.618. The van der Waals surface area contributed by atoms with E-state index >= 15 is 0 Å². The van der Waals surface area contributed by atoms with Crippen molar-refractivity contribution in [1.29, 1.82) is 0 Å². The molecule has 198 valence electrons. The zero-order chi connectivity index (χ0) is 27.5. The van der Waals surface area contributed by atoms with Crippen molar-refractivity contribution in [2.45, 2.75) is 33.3 Å². The van der Waals surface area contributed by atoms with E-state index in [2.05, 4.69) is 0 Å². The zero-order valence-electron chi connectivity index (χ0n) is 19.8. The van der Waals surface area contributed by atoms with Gasteiger partial charge < -0.3 is 47.6 Å². The maximum absolute atomic E-state index is 10.7. The molecule has 0 saturated heterocycles. The number of hydrogen-bond acceptors (Lipinski definition) is 8. The van der Waals surface area contributed by atoms with Crippen LogP contribution in [0.2, 0.25) is 0 Å². The molecule has 35 heavy (non-hydrogen) atoms. The number of nitrogens with two attached hydrogens (primary N) is 2. The minimum Gasteiger partial charge on any atom is -0.481 e. The van der Waals surface area contributed by atoms with Crippen molar-refractivity contribution in [2.24, 2.45) is 0 Å². The molecule has 0 bridgehead atoms. The van der Waals surface area contributed by atoms with Gasteiger partial charge in [-0.05, 0) is 12.1 Å². The second-order valence-electron chi connectivity index (χ2n) is 6.27. The molecule has 2 aromatic carbocycles. The number of benzene rings is 2. The van der Waals surface area contributed by atoms with Gasteiger partial charge in [0.2, 0.25) is 0 Å². The zero-order valence-corrected chi connectivity index (χ0v) is 19.8. The van der Waals surface area contributed by atoms with Crippen molar-refractivity contribution in [3.05, 3.63) is 59.7 Å². The standard InChI is InChI=1S/C14H16N2O2.4C2H4O2.H2O/c15-12-7-3-1-5-10(12)14(18,9-17)11-6-2-4-8-13(11)16;4*1-2(3)4;/h1-8,17-18H,9,15-16H2;4*1H3,(H,3,4);1H2. The highest BCUT2D eigenvalue weighted by atomic mass is 16.4. The van der Waals surface area contributed by atoms with Gasteiger partial charge in [-0.3, -0.25) is 19.2 Å². The Morgan fingerprint density at radius 3 is 1.03 bits per heavy atom. The monoisotopic (exact) mass is 502 g/mol. The lowest BCUT2D eigenvalue weighted by Gasteiger charge is -2.29. The first-order chi connectivity index (χ1) is 15.5. The number of aliphatic hydroxyl groups is 2. The van der Waals surface area contributed by atoms with E-state index in [1.807, 2.05) is 0 Å². The number of carbonyl (C=O) groups is 4.